The molecule has 1 N–H and O–H groups in total. The van der Waals surface area contributed by atoms with Gasteiger partial charge in [0.2, 0.25) is 0 Å². The molecule has 0 radical (unpaired) electrons. The van der Waals surface area contributed by atoms with Crippen molar-refractivity contribution < 1.29 is 9.47 Å². The van der Waals surface area contributed by atoms with Crippen molar-refractivity contribution in [2.75, 3.05) is 20.3 Å². The summed E-state index contributed by atoms with van der Waals surface area (Å²) in [5.41, 5.74) is 1.32. The van der Waals surface area contributed by atoms with Crippen LogP contribution >= 0.6 is 11.6 Å². The van der Waals surface area contributed by atoms with E-state index in [1.807, 2.05) is 0 Å². The Morgan fingerprint density at radius 3 is 3.06 bits per heavy atom. The predicted octanol–water partition coefficient (Wildman–Crippen LogP) is 1.17. The summed E-state index contributed by atoms with van der Waals surface area (Å²) < 4.78 is 10.2. The maximum atomic E-state index is 5.95. The van der Waals surface area contributed by atoms with Gasteiger partial charge in [0.25, 0.3) is 0 Å². The largest absolute Gasteiger partial charge is 0.382 e. The summed E-state index contributed by atoms with van der Waals surface area (Å²) in [4.78, 5) is 7.89. The van der Waals surface area contributed by atoms with Crippen molar-refractivity contribution in [3.63, 3.8) is 0 Å². The lowest BCUT2D eigenvalue weighted by Gasteiger charge is -2.01. The zero-order chi connectivity index (χ0) is 11.4. The fraction of sp³-hybridized carbons (Fsp3) is 0.444. The number of rotatable bonds is 5. The summed E-state index contributed by atoms with van der Waals surface area (Å²) in [5.74, 6) is 0. The fourth-order valence-electron chi connectivity index (χ4n) is 1.30. The van der Waals surface area contributed by atoms with Crippen LogP contribution in [0.4, 0.5) is 0 Å². The Morgan fingerprint density at radius 1 is 1.38 bits per heavy atom. The Kier molecular flexibility index (Phi) is 3.66. The molecule has 0 saturated carbocycles. The highest BCUT2D eigenvalue weighted by Crippen LogP contribution is 2.21. The minimum Gasteiger partial charge on any atom is -0.382 e. The molecule has 2 aromatic heterocycles. The maximum absolute atomic E-state index is 5.95. The van der Waals surface area contributed by atoms with Crippen LogP contribution in [-0.4, -0.2) is 40.5 Å². The van der Waals surface area contributed by atoms with Gasteiger partial charge in [0, 0.05) is 7.11 Å². The molecule has 0 unspecified atom stereocenters. The molecule has 0 aliphatic carbocycles. The molecule has 0 aliphatic rings. The monoisotopic (exact) mass is 242 g/mol. The number of methoxy groups -OCH3 is 1. The van der Waals surface area contributed by atoms with Crippen LogP contribution in [0, 0.1) is 0 Å². The van der Waals surface area contributed by atoms with Crippen LogP contribution in [0.25, 0.3) is 11.0 Å². The first-order chi connectivity index (χ1) is 7.83. The number of hydrogen-bond acceptors (Lipinski definition) is 5. The van der Waals surface area contributed by atoms with Crippen LogP contribution in [0.5, 0.6) is 0 Å². The zero-order valence-corrected chi connectivity index (χ0v) is 9.49. The highest BCUT2D eigenvalue weighted by Gasteiger charge is 2.10. The van der Waals surface area contributed by atoms with E-state index < -0.39 is 0 Å². The first kappa shape index (κ1) is 11.3. The van der Waals surface area contributed by atoms with Gasteiger partial charge in [0.05, 0.1) is 30.9 Å². The van der Waals surface area contributed by atoms with Crippen molar-refractivity contribution in [2.45, 2.75) is 6.61 Å². The predicted molar refractivity (Wildman–Crippen MR) is 58.2 cm³/mol. The Hall–Kier alpha value is -1.24. The van der Waals surface area contributed by atoms with E-state index in [2.05, 4.69) is 20.2 Å². The Balaban J connectivity index is 2.12. The van der Waals surface area contributed by atoms with Crippen LogP contribution in [0.15, 0.2) is 6.33 Å². The molecule has 0 saturated heterocycles. The summed E-state index contributed by atoms with van der Waals surface area (Å²) in [7, 11) is 1.62. The van der Waals surface area contributed by atoms with Gasteiger partial charge in [-0.2, -0.15) is 5.10 Å². The third-order valence-corrected chi connectivity index (χ3v) is 2.34. The number of aromatic nitrogens is 4. The van der Waals surface area contributed by atoms with E-state index >= 15 is 0 Å². The molecule has 0 fully saturated rings. The number of halogens is 1. The molecule has 6 nitrogen and oxygen atoms in total. The van der Waals surface area contributed by atoms with Gasteiger partial charge in [-0.05, 0) is 0 Å². The van der Waals surface area contributed by atoms with Gasteiger partial charge < -0.3 is 9.47 Å². The molecule has 2 rings (SSSR count). The lowest BCUT2D eigenvalue weighted by Crippen LogP contribution is -2.02. The van der Waals surface area contributed by atoms with E-state index in [9.17, 15) is 0 Å². The first-order valence-corrected chi connectivity index (χ1v) is 5.11. The highest BCUT2D eigenvalue weighted by atomic mass is 35.5. The Morgan fingerprint density at radius 2 is 2.25 bits per heavy atom. The maximum Gasteiger partial charge on any atom is 0.185 e. The summed E-state index contributed by atoms with van der Waals surface area (Å²) in [6.07, 6.45) is 1.38. The van der Waals surface area contributed by atoms with Crippen molar-refractivity contribution >= 4 is 22.6 Å². The molecule has 0 atom stereocenters. The molecule has 2 heterocycles. The third-order valence-electron chi connectivity index (χ3n) is 2.06. The molecule has 0 aliphatic heterocycles. The van der Waals surface area contributed by atoms with E-state index in [1.165, 1.54) is 6.33 Å². The average Bonchev–Trinajstić information content (AvgIpc) is 2.69. The van der Waals surface area contributed by atoms with Crippen LogP contribution in [-0.2, 0) is 16.1 Å². The van der Waals surface area contributed by atoms with Crippen molar-refractivity contribution in [1.29, 1.82) is 0 Å². The van der Waals surface area contributed by atoms with Crippen LogP contribution < -0.4 is 0 Å². The van der Waals surface area contributed by atoms with E-state index in [0.717, 1.165) is 5.69 Å². The minimum absolute atomic E-state index is 0.379. The third kappa shape index (κ3) is 2.29. The Bertz CT molecular complexity index is 473. The normalized spacial score (nSPS) is 11.1. The van der Waals surface area contributed by atoms with Crippen LogP contribution in [0.1, 0.15) is 5.69 Å². The highest BCUT2D eigenvalue weighted by molar-refractivity contribution is 6.34. The molecule has 0 spiro atoms. The number of nitrogens with one attached hydrogen (secondary N) is 1. The smallest absolute Gasteiger partial charge is 0.185 e. The number of fused-ring (bicyclic) bond motifs is 1. The quantitative estimate of drug-likeness (QED) is 0.629. The molecule has 16 heavy (non-hydrogen) atoms. The van der Waals surface area contributed by atoms with E-state index in [-0.39, 0.29) is 0 Å². The van der Waals surface area contributed by atoms with Crippen LogP contribution in [0.2, 0.25) is 5.15 Å². The van der Waals surface area contributed by atoms with Gasteiger partial charge in [0.15, 0.2) is 5.65 Å². The van der Waals surface area contributed by atoms with Crippen molar-refractivity contribution in [3.05, 3.63) is 17.2 Å². The van der Waals surface area contributed by atoms with Gasteiger partial charge >= 0.3 is 0 Å². The van der Waals surface area contributed by atoms with Gasteiger partial charge in [-0.3, -0.25) is 5.10 Å². The number of nitrogens with zero attached hydrogens (tertiary/aromatic N) is 3. The molecule has 0 bridgehead atoms. The zero-order valence-electron chi connectivity index (χ0n) is 8.73. The summed E-state index contributed by atoms with van der Waals surface area (Å²) >= 11 is 5.95. The second kappa shape index (κ2) is 5.20. The summed E-state index contributed by atoms with van der Waals surface area (Å²) in [5, 5.41) is 7.92. The van der Waals surface area contributed by atoms with Crippen LogP contribution in [0.3, 0.4) is 0 Å². The van der Waals surface area contributed by atoms with E-state index in [1.54, 1.807) is 7.11 Å². The van der Waals surface area contributed by atoms with Crippen molar-refractivity contribution in [2.24, 2.45) is 0 Å². The lowest BCUT2D eigenvalue weighted by atomic mass is 10.3. The molecule has 0 aromatic carbocycles. The van der Waals surface area contributed by atoms with Gasteiger partial charge in [0.1, 0.15) is 11.5 Å². The SMILES string of the molecule is COCCOCc1[nH]nc2ncnc(Cl)c12. The molecule has 0 amide bonds. The second-order valence-corrected chi connectivity index (χ2v) is 3.47. The Labute approximate surface area is 96.9 Å². The fourth-order valence-corrected chi connectivity index (χ4v) is 1.54. The molecular weight excluding hydrogens is 232 g/mol. The van der Waals surface area contributed by atoms with Gasteiger partial charge in [-0.1, -0.05) is 11.6 Å². The van der Waals surface area contributed by atoms with E-state index in [0.29, 0.717) is 36.0 Å². The molecule has 2 aromatic rings. The van der Waals surface area contributed by atoms with E-state index in [4.69, 9.17) is 21.1 Å². The number of H-pyrrole nitrogens is 1. The number of aromatic amines is 1. The second-order valence-electron chi connectivity index (χ2n) is 3.11. The van der Waals surface area contributed by atoms with Crippen molar-refractivity contribution in [3.8, 4) is 0 Å². The number of hydrogen-bond donors (Lipinski definition) is 1. The summed E-state index contributed by atoms with van der Waals surface area (Å²) in [6, 6.07) is 0. The van der Waals surface area contributed by atoms with Gasteiger partial charge in [-0.15, -0.1) is 0 Å². The first-order valence-electron chi connectivity index (χ1n) is 4.73. The van der Waals surface area contributed by atoms with Crippen molar-refractivity contribution in [1.82, 2.24) is 20.2 Å². The molecular formula is C9H11ClN4O2. The van der Waals surface area contributed by atoms with Gasteiger partial charge in [-0.25, -0.2) is 9.97 Å². The lowest BCUT2D eigenvalue weighted by molar-refractivity contribution is 0.0606. The molecule has 7 heteroatoms. The number of ether oxygens (including phenoxy) is 2. The topological polar surface area (TPSA) is 72.9 Å². The molecule has 86 valence electrons. The standard InChI is InChI=1S/C9H11ClN4O2/c1-15-2-3-16-4-6-7-8(10)11-5-12-9(7)14-13-6/h5H,2-4H2,1H3,(H,11,12,13,14). The minimum atomic E-state index is 0.379. The average molecular weight is 243 g/mol. The summed E-state index contributed by atoms with van der Waals surface area (Å²) in [6.45, 7) is 1.45.